The zero-order chi connectivity index (χ0) is 24.9. The molecule has 0 radical (unpaired) electrons. The van der Waals surface area contributed by atoms with Gasteiger partial charge in [-0.25, -0.2) is 4.98 Å². The number of pyridine rings is 1. The molecule has 3 aromatic rings. The maximum Gasteiger partial charge on any atom is 0.0849 e. The Morgan fingerprint density at radius 2 is 1.15 bits per heavy atom. The van der Waals surface area contributed by atoms with Crippen molar-refractivity contribution in [3.8, 4) is 0 Å². The lowest BCUT2D eigenvalue weighted by molar-refractivity contribution is 0.474. The van der Waals surface area contributed by atoms with E-state index in [1.807, 2.05) is 38.1 Å². The highest BCUT2D eigenvalue weighted by molar-refractivity contribution is 6.02. The summed E-state index contributed by atoms with van der Waals surface area (Å²) < 4.78 is 0. The normalized spacial score (nSPS) is 13.3. The van der Waals surface area contributed by atoms with Crippen LogP contribution in [0.1, 0.15) is 90.7 Å². The Hall–Kier alpha value is -3.07. The average Bonchev–Trinajstić information content (AvgIpc) is 2.79. The summed E-state index contributed by atoms with van der Waals surface area (Å²) in [5, 5.41) is 0. The summed E-state index contributed by atoms with van der Waals surface area (Å²) in [5.41, 5.74) is 8.19. The van der Waals surface area contributed by atoms with Crippen LogP contribution in [0.5, 0.6) is 0 Å². The number of aromatic nitrogens is 1. The van der Waals surface area contributed by atoms with Crippen molar-refractivity contribution in [2.24, 2.45) is 9.98 Å². The average molecular weight is 454 g/mol. The first kappa shape index (κ1) is 25.6. The molecule has 0 aliphatic rings. The molecule has 0 bridgehead atoms. The van der Waals surface area contributed by atoms with Gasteiger partial charge in [0, 0.05) is 0 Å². The van der Waals surface area contributed by atoms with E-state index in [4.69, 9.17) is 15.0 Å². The van der Waals surface area contributed by atoms with Gasteiger partial charge < -0.3 is 0 Å². The minimum Gasteiger partial charge on any atom is -0.251 e. The second kappa shape index (κ2) is 10.5. The molecule has 0 saturated carbocycles. The Labute approximate surface area is 206 Å². The first-order valence-electron chi connectivity index (χ1n) is 12.3. The molecular formula is C31H39N3. The Kier molecular flexibility index (Phi) is 7.86. The summed E-state index contributed by atoms with van der Waals surface area (Å²) in [4.78, 5) is 14.9. The van der Waals surface area contributed by atoms with Crippen LogP contribution in [0.3, 0.4) is 0 Å². The van der Waals surface area contributed by atoms with Gasteiger partial charge in [0.2, 0.25) is 0 Å². The van der Waals surface area contributed by atoms with Crippen molar-refractivity contribution >= 4 is 22.8 Å². The molecule has 0 spiro atoms. The van der Waals surface area contributed by atoms with Gasteiger partial charge in [0.1, 0.15) is 0 Å². The predicted molar refractivity (Wildman–Crippen MR) is 147 cm³/mol. The van der Waals surface area contributed by atoms with Gasteiger partial charge in [-0.2, -0.15) is 0 Å². The SMILES string of the molecule is CCCC(C)(C)c1ccccc1N=C(C)c1cccc(C(C)=Nc2ccccc2C(C)(C)C)n1. The lowest BCUT2D eigenvalue weighted by atomic mass is 9.80. The van der Waals surface area contributed by atoms with Crippen molar-refractivity contribution < 1.29 is 0 Å². The van der Waals surface area contributed by atoms with Crippen molar-refractivity contribution in [2.75, 3.05) is 0 Å². The number of hydrogen-bond acceptors (Lipinski definition) is 3. The second-order valence-electron chi connectivity index (χ2n) is 10.7. The maximum atomic E-state index is 5.02. The smallest absolute Gasteiger partial charge is 0.0849 e. The van der Waals surface area contributed by atoms with E-state index in [2.05, 4.69) is 84.0 Å². The van der Waals surface area contributed by atoms with E-state index < -0.39 is 0 Å². The fourth-order valence-electron chi connectivity index (χ4n) is 4.42. The summed E-state index contributed by atoms with van der Waals surface area (Å²) in [6, 6.07) is 22.9. The molecule has 1 aromatic heterocycles. The molecule has 0 amide bonds. The van der Waals surface area contributed by atoms with E-state index in [-0.39, 0.29) is 10.8 Å². The van der Waals surface area contributed by atoms with Gasteiger partial charge in [-0.15, -0.1) is 0 Å². The third-order valence-electron chi connectivity index (χ3n) is 6.29. The Morgan fingerprint density at radius 1 is 0.676 bits per heavy atom. The van der Waals surface area contributed by atoms with Crippen molar-refractivity contribution in [3.63, 3.8) is 0 Å². The van der Waals surface area contributed by atoms with Crippen LogP contribution >= 0.6 is 0 Å². The van der Waals surface area contributed by atoms with Crippen LogP contribution in [0.15, 0.2) is 76.7 Å². The van der Waals surface area contributed by atoms with E-state index in [0.29, 0.717) is 0 Å². The van der Waals surface area contributed by atoms with Gasteiger partial charge in [-0.3, -0.25) is 9.98 Å². The zero-order valence-electron chi connectivity index (χ0n) is 22.1. The molecule has 3 heteroatoms. The third kappa shape index (κ3) is 6.08. The van der Waals surface area contributed by atoms with Gasteiger partial charge in [0.15, 0.2) is 0 Å². The first-order chi connectivity index (χ1) is 16.0. The lowest BCUT2D eigenvalue weighted by Gasteiger charge is -2.26. The standard InChI is InChI=1S/C31H39N3/c1-9-21-31(7,8)25-16-11-13-18-29(25)33-23(3)27-20-14-19-26(34-27)22(2)32-28-17-12-10-15-24(28)30(4,5)6/h10-20H,9,21H2,1-8H3. The predicted octanol–water partition coefficient (Wildman–Crippen LogP) is 8.74. The molecule has 1 heterocycles. The van der Waals surface area contributed by atoms with Crippen molar-refractivity contribution in [2.45, 2.75) is 79.1 Å². The maximum absolute atomic E-state index is 5.02. The minimum atomic E-state index is 0.0256. The quantitative estimate of drug-likeness (QED) is 0.329. The number of rotatable bonds is 7. The topological polar surface area (TPSA) is 37.6 Å². The molecule has 0 aliphatic heterocycles. The molecule has 3 rings (SSSR count). The fourth-order valence-corrected chi connectivity index (χ4v) is 4.42. The Balaban J connectivity index is 1.97. The van der Waals surface area contributed by atoms with E-state index in [9.17, 15) is 0 Å². The number of hydrogen-bond donors (Lipinski definition) is 0. The van der Waals surface area contributed by atoms with Gasteiger partial charge in [0.05, 0.1) is 34.2 Å². The monoisotopic (exact) mass is 453 g/mol. The number of benzene rings is 2. The molecule has 0 fully saturated rings. The van der Waals surface area contributed by atoms with Gasteiger partial charge in [-0.05, 0) is 66.5 Å². The fraction of sp³-hybridized carbons (Fsp3) is 0.387. The molecular weight excluding hydrogens is 414 g/mol. The van der Waals surface area contributed by atoms with Gasteiger partial charge in [-0.1, -0.05) is 90.4 Å². The summed E-state index contributed by atoms with van der Waals surface area (Å²) in [5.74, 6) is 0. The highest BCUT2D eigenvalue weighted by atomic mass is 14.8. The van der Waals surface area contributed by atoms with Crippen molar-refractivity contribution in [1.29, 1.82) is 0 Å². The number of para-hydroxylation sites is 2. The summed E-state index contributed by atoms with van der Waals surface area (Å²) >= 11 is 0. The van der Waals surface area contributed by atoms with Crippen molar-refractivity contribution in [3.05, 3.63) is 89.2 Å². The molecule has 2 aromatic carbocycles. The van der Waals surface area contributed by atoms with Crippen LogP contribution in [0.2, 0.25) is 0 Å². The summed E-state index contributed by atoms with van der Waals surface area (Å²) in [7, 11) is 0. The highest BCUT2D eigenvalue weighted by Gasteiger charge is 2.22. The summed E-state index contributed by atoms with van der Waals surface area (Å²) in [6.45, 7) is 17.6. The minimum absolute atomic E-state index is 0.0256. The van der Waals surface area contributed by atoms with Crippen LogP contribution in [0.4, 0.5) is 11.4 Å². The lowest BCUT2D eigenvalue weighted by Crippen LogP contribution is -2.17. The third-order valence-corrected chi connectivity index (χ3v) is 6.29. The first-order valence-corrected chi connectivity index (χ1v) is 12.3. The van der Waals surface area contributed by atoms with Crippen LogP contribution in [0, 0.1) is 0 Å². The molecule has 0 atom stereocenters. The number of nitrogens with zero attached hydrogens (tertiary/aromatic N) is 3. The van der Waals surface area contributed by atoms with Crippen LogP contribution in [0.25, 0.3) is 0 Å². The molecule has 3 nitrogen and oxygen atoms in total. The van der Waals surface area contributed by atoms with E-state index in [0.717, 1.165) is 47.0 Å². The van der Waals surface area contributed by atoms with E-state index in [1.165, 1.54) is 11.1 Å². The zero-order valence-corrected chi connectivity index (χ0v) is 22.1. The summed E-state index contributed by atoms with van der Waals surface area (Å²) in [6.07, 6.45) is 2.27. The van der Waals surface area contributed by atoms with Crippen LogP contribution in [-0.4, -0.2) is 16.4 Å². The van der Waals surface area contributed by atoms with Gasteiger partial charge >= 0.3 is 0 Å². The second-order valence-corrected chi connectivity index (χ2v) is 10.7. The molecule has 34 heavy (non-hydrogen) atoms. The van der Waals surface area contributed by atoms with Crippen molar-refractivity contribution in [1.82, 2.24) is 4.98 Å². The van der Waals surface area contributed by atoms with Crippen LogP contribution in [-0.2, 0) is 10.8 Å². The molecule has 0 N–H and O–H groups in total. The van der Waals surface area contributed by atoms with Gasteiger partial charge in [0.25, 0.3) is 0 Å². The van der Waals surface area contributed by atoms with E-state index in [1.54, 1.807) is 0 Å². The number of aliphatic imine (C=N–C) groups is 2. The molecule has 0 saturated heterocycles. The largest absolute Gasteiger partial charge is 0.251 e. The van der Waals surface area contributed by atoms with E-state index >= 15 is 0 Å². The molecule has 0 aliphatic carbocycles. The highest BCUT2D eigenvalue weighted by Crippen LogP contribution is 2.35. The van der Waals surface area contributed by atoms with Crippen LogP contribution < -0.4 is 0 Å². The molecule has 178 valence electrons. The Bertz CT molecular complexity index is 1190. The Morgan fingerprint density at radius 3 is 1.65 bits per heavy atom. The molecule has 0 unspecified atom stereocenters.